The van der Waals surface area contributed by atoms with Gasteiger partial charge in [0.15, 0.2) is 0 Å². The fourth-order valence-corrected chi connectivity index (χ4v) is 0.660. The molecule has 12 heavy (non-hydrogen) atoms. The Morgan fingerprint density at radius 2 is 1.58 bits per heavy atom. The quantitative estimate of drug-likeness (QED) is 0.496. The zero-order valence-corrected chi connectivity index (χ0v) is 7.71. The van der Waals surface area contributed by atoms with Gasteiger partial charge in [-0.2, -0.15) is 0 Å². The predicted octanol–water partition coefficient (Wildman–Crippen LogP) is 0.496. The van der Waals surface area contributed by atoms with E-state index in [1.54, 1.807) is 25.9 Å². The number of Topliss-reactive ketones (excluding diaryl/α,β-unsaturated/α-hetero) is 1. The SMILES string of the molecule is CC(C(=O)C(=O)O)=C(C)N(C)C. The number of hydrogen-bond acceptors (Lipinski definition) is 3. The molecule has 0 heterocycles. The van der Waals surface area contributed by atoms with Gasteiger partial charge < -0.3 is 10.0 Å². The van der Waals surface area contributed by atoms with E-state index in [1.165, 1.54) is 6.92 Å². The molecule has 0 radical (unpaired) electrons. The van der Waals surface area contributed by atoms with Crippen molar-refractivity contribution < 1.29 is 14.7 Å². The molecule has 1 N–H and O–H groups in total. The summed E-state index contributed by atoms with van der Waals surface area (Å²) >= 11 is 0. The number of nitrogens with zero attached hydrogens (tertiary/aromatic N) is 1. The summed E-state index contributed by atoms with van der Waals surface area (Å²) in [6.07, 6.45) is 0. The lowest BCUT2D eigenvalue weighted by molar-refractivity contribution is -0.147. The molecule has 0 aromatic carbocycles. The highest BCUT2D eigenvalue weighted by molar-refractivity contribution is 6.39. The second-order valence-corrected chi connectivity index (χ2v) is 2.74. The lowest BCUT2D eigenvalue weighted by atomic mass is 10.1. The van der Waals surface area contributed by atoms with Crippen molar-refractivity contribution in [2.45, 2.75) is 13.8 Å². The van der Waals surface area contributed by atoms with E-state index in [1.807, 2.05) is 0 Å². The Balaban J connectivity index is 4.79. The third-order valence-electron chi connectivity index (χ3n) is 1.75. The van der Waals surface area contributed by atoms with Gasteiger partial charge >= 0.3 is 5.97 Å². The summed E-state index contributed by atoms with van der Waals surface area (Å²) in [5.41, 5.74) is 0.940. The average molecular weight is 171 g/mol. The molecule has 0 bridgehead atoms. The van der Waals surface area contributed by atoms with Crippen LogP contribution in [0.25, 0.3) is 0 Å². The van der Waals surface area contributed by atoms with E-state index >= 15 is 0 Å². The Kier molecular flexibility index (Phi) is 3.47. The Bertz CT molecular complexity index is 241. The van der Waals surface area contributed by atoms with Crippen molar-refractivity contribution in [1.29, 1.82) is 0 Å². The lowest BCUT2D eigenvalue weighted by Gasteiger charge is -2.14. The number of aliphatic carboxylic acids is 1. The molecule has 0 fully saturated rings. The summed E-state index contributed by atoms with van der Waals surface area (Å²) in [5.74, 6) is -2.25. The van der Waals surface area contributed by atoms with Crippen LogP contribution in [-0.4, -0.2) is 35.9 Å². The standard InChI is InChI=1S/C8H13NO3/c1-5(6(2)9(3)4)7(10)8(11)12/h1-4H3,(H,11,12). The highest BCUT2D eigenvalue weighted by Gasteiger charge is 2.16. The molecule has 0 rings (SSSR count). The van der Waals surface area contributed by atoms with E-state index in [0.717, 1.165) is 0 Å². The number of ketones is 1. The van der Waals surface area contributed by atoms with Crippen molar-refractivity contribution in [2.24, 2.45) is 0 Å². The maximum Gasteiger partial charge on any atom is 0.376 e. The summed E-state index contributed by atoms with van der Waals surface area (Å²) in [5, 5.41) is 8.38. The first-order valence-electron chi connectivity index (χ1n) is 3.50. The van der Waals surface area contributed by atoms with Crippen LogP contribution in [-0.2, 0) is 9.59 Å². The minimum Gasteiger partial charge on any atom is -0.475 e. The number of carboxylic acids is 1. The molecule has 0 aliphatic carbocycles. The molecule has 0 spiro atoms. The number of allylic oxidation sites excluding steroid dienone is 1. The summed E-state index contributed by atoms with van der Waals surface area (Å²) in [6.45, 7) is 3.21. The highest BCUT2D eigenvalue weighted by atomic mass is 16.4. The van der Waals surface area contributed by atoms with Gasteiger partial charge in [-0.3, -0.25) is 4.79 Å². The van der Waals surface area contributed by atoms with Gasteiger partial charge in [-0.15, -0.1) is 0 Å². The van der Waals surface area contributed by atoms with Crippen LogP contribution < -0.4 is 0 Å². The summed E-state index contributed by atoms with van der Waals surface area (Å²) < 4.78 is 0. The van der Waals surface area contributed by atoms with Gasteiger partial charge in [-0.1, -0.05) is 0 Å². The smallest absolute Gasteiger partial charge is 0.376 e. The molecule has 0 saturated heterocycles. The first-order chi connectivity index (χ1) is 5.37. The maximum absolute atomic E-state index is 10.9. The van der Waals surface area contributed by atoms with Crippen molar-refractivity contribution >= 4 is 11.8 Å². The van der Waals surface area contributed by atoms with E-state index in [9.17, 15) is 9.59 Å². The van der Waals surface area contributed by atoms with Gasteiger partial charge in [0.1, 0.15) is 0 Å². The molecular formula is C8H13NO3. The minimum absolute atomic E-state index is 0.271. The summed E-state index contributed by atoms with van der Waals surface area (Å²) in [6, 6.07) is 0. The zero-order chi connectivity index (χ0) is 9.89. The van der Waals surface area contributed by atoms with Crippen molar-refractivity contribution in [1.82, 2.24) is 4.90 Å². The van der Waals surface area contributed by atoms with E-state index in [0.29, 0.717) is 5.70 Å². The van der Waals surface area contributed by atoms with Gasteiger partial charge in [-0.05, 0) is 13.8 Å². The van der Waals surface area contributed by atoms with Crippen molar-refractivity contribution in [3.05, 3.63) is 11.3 Å². The van der Waals surface area contributed by atoms with Gasteiger partial charge in [0, 0.05) is 25.4 Å². The number of carbonyl (C=O) groups excluding carboxylic acids is 1. The Labute approximate surface area is 71.5 Å². The largest absolute Gasteiger partial charge is 0.475 e. The van der Waals surface area contributed by atoms with E-state index in [2.05, 4.69) is 0 Å². The average Bonchev–Trinajstić information content (AvgIpc) is 2.00. The summed E-state index contributed by atoms with van der Waals surface area (Å²) in [4.78, 5) is 22.9. The van der Waals surface area contributed by atoms with Crippen molar-refractivity contribution in [2.75, 3.05) is 14.1 Å². The highest BCUT2D eigenvalue weighted by Crippen LogP contribution is 2.06. The first kappa shape index (κ1) is 10.7. The topological polar surface area (TPSA) is 57.6 Å². The Hall–Kier alpha value is -1.32. The van der Waals surface area contributed by atoms with Gasteiger partial charge in [0.2, 0.25) is 0 Å². The Morgan fingerprint density at radius 3 is 1.83 bits per heavy atom. The van der Waals surface area contributed by atoms with Crippen LogP contribution >= 0.6 is 0 Å². The van der Waals surface area contributed by atoms with Gasteiger partial charge in [0.25, 0.3) is 5.78 Å². The number of carboxylic acid groups (broad SMARTS) is 1. The molecule has 4 nitrogen and oxygen atoms in total. The molecular weight excluding hydrogens is 158 g/mol. The Morgan fingerprint density at radius 1 is 1.17 bits per heavy atom. The minimum atomic E-state index is -1.41. The monoisotopic (exact) mass is 171 g/mol. The zero-order valence-electron chi connectivity index (χ0n) is 7.71. The van der Waals surface area contributed by atoms with Crippen molar-refractivity contribution in [3.63, 3.8) is 0 Å². The van der Waals surface area contributed by atoms with Crippen LogP contribution in [0.15, 0.2) is 11.3 Å². The van der Waals surface area contributed by atoms with E-state index < -0.39 is 11.8 Å². The molecule has 0 atom stereocenters. The van der Waals surface area contributed by atoms with Crippen LogP contribution in [0.1, 0.15) is 13.8 Å². The van der Waals surface area contributed by atoms with Crippen LogP contribution in [0.4, 0.5) is 0 Å². The molecule has 0 aromatic heterocycles. The molecule has 0 saturated carbocycles. The molecule has 68 valence electrons. The molecule has 0 aliphatic rings. The number of hydrogen-bond donors (Lipinski definition) is 1. The summed E-state index contributed by atoms with van der Waals surface area (Å²) in [7, 11) is 3.52. The van der Waals surface area contributed by atoms with Crippen molar-refractivity contribution in [3.8, 4) is 0 Å². The molecule has 0 unspecified atom stereocenters. The molecule has 4 heteroatoms. The first-order valence-corrected chi connectivity index (χ1v) is 3.50. The number of carbonyl (C=O) groups is 2. The fourth-order valence-electron chi connectivity index (χ4n) is 0.660. The fraction of sp³-hybridized carbons (Fsp3) is 0.500. The van der Waals surface area contributed by atoms with Crippen LogP contribution in [0.3, 0.4) is 0 Å². The maximum atomic E-state index is 10.9. The van der Waals surface area contributed by atoms with E-state index in [4.69, 9.17) is 5.11 Å². The second-order valence-electron chi connectivity index (χ2n) is 2.74. The predicted molar refractivity (Wildman–Crippen MR) is 44.7 cm³/mol. The molecule has 0 aliphatic heterocycles. The normalized spacial score (nSPS) is 12.0. The second kappa shape index (κ2) is 3.90. The van der Waals surface area contributed by atoms with Gasteiger partial charge in [0.05, 0.1) is 0 Å². The van der Waals surface area contributed by atoms with Crippen LogP contribution in [0.2, 0.25) is 0 Å². The van der Waals surface area contributed by atoms with Crippen LogP contribution in [0, 0.1) is 0 Å². The third-order valence-corrected chi connectivity index (χ3v) is 1.75. The number of rotatable bonds is 3. The third kappa shape index (κ3) is 2.38. The van der Waals surface area contributed by atoms with E-state index in [-0.39, 0.29) is 5.57 Å². The molecule has 0 aromatic rings. The van der Waals surface area contributed by atoms with Gasteiger partial charge in [-0.25, -0.2) is 4.79 Å². The molecule has 0 amide bonds. The lowest BCUT2D eigenvalue weighted by Crippen LogP contribution is -2.19. The van der Waals surface area contributed by atoms with Crippen LogP contribution in [0.5, 0.6) is 0 Å².